The number of ether oxygens (including phenoxy) is 1. The van der Waals surface area contributed by atoms with Crippen LogP contribution in [0.1, 0.15) is 48.8 Å². The van der Waals surface area contributed by atoms with E-state index in [1.165, 1.54) is 23.2 Å². The molecule has 3 N–H and O–H groups in total. The quantitative estimate of drug-likeness (QED) is 0.200. The first-order valence-electron chi connectivity index (χ1n) is 13.9. The number of rotatable bonds is 7. The van der Waals surface area contributed by atoms with Crippen molar-refractivity contribution in [3.8, 4) is 11.5 Å². The Kier molecular flexibility index (Phi) is 8.66. The first-order chi connectivity index (χ1) is 20.9. The lowest BCUT2D eigenvalue weighted by Crippen LogP contribution is -2.60. The van der Waals surface area contributed by atoms with Crippen molar-refractivity contribution >= 4 is 62.4 Å². The van der Waals surface area contributed by atoms with Crippen LogP contribution in [0.2, 0.25) is 0 Å². The zero-order chi connectivity index (χ0) is 31.6. The Morgan fingerprint density at radius 3 is 2.55 bits per heavy atom. The van der Waals surface area contributed by atoms with Crippen LogP contribution in [0.15, 0.2) is 66.9 Å². The number of aliphatic carboxylic acids is 1. The molecule has 0 radical (unpaired) electrons. The minimum Gasteiger partial charge on any atom is -0.479 e. The molecule has 1 unspecified atom stereocenters. The highest BCUT2D eigenvalue weighted by Crippen LogP contribution is 2.46. The molecule has 2 aromatic heterocycles. The van der Waals surface area contributed by atoms with E-state index in [-0.39, 0.29) is 29.1 Å². The topological polar surface area (TPSA) is 121 Å². The van der Waals surface area contributed by atoms with E-state index in [0.717, 1.165) is 16.9 Å². The van der Waals surface area contributed by atoms with E-state index in [1.54, 1.807) is 18.2 Å². The molecule has 1 atom stereocenters. The maximum absolute atomic E-state index is 15.1. The van der Waals surface area contributed by atoms with Crippen LogP contribution in [0.25, 0.3) is 10.2 Å². The van der Waals surface area contributed by atoms with Crippen molar-refractivity contribution in [2.75, 3.05) is 11.9 Å². The van der Waals surface area contributed by atoms with E-state index in [4.69, 9.17) is 17.0 Å². The Morgan fingerprint density at radius 1 is 1.11 bits per heavy atom. The zero-order valence-corrected chi connectivity index (χ0v) is 26.0. The van der Waals surface area contributed by atoms with Crippen LogP contribution in [0.3, 0.4) is 0 Å². The summed E-state index contributed by atoms with van der Waals surface area (Å²) in [6.45, 7) is 5.82. The largest absolute Gasteiger partial charge is 0.479 e. The molecule has 228 valence electrons. The van der Waals surface area contributed by atoms with Crippen LogP contribution >= 0.6 is 23.6 Å². The number of nitrogens with one attached hydrogen (secondary N) is 2. The fourth-order valence-electron chi connectivity index (χ4n) is 5.54. The van der Waals surface area contributed by atoms with E-state index >= 15 is 4.39 Å². The number of halogens is 1. The van der Waals surface area contributed by atoms with Crippen LogP contribution in [0.4, 0.5) is 10.1 Å². The summed E-state index contributed by atoms with van der Waals surface area (Å²) in [5.41, 5.74) is -0.400. The smallest absolute Gasteiger partial charge is 0.330 e. The third kappa shape index (κ3) is 6.13. The van der Waals surface area contributed by atoms with Crippen LogP contribution in [0.5, 0.6) is 11.5 Å². The van der Waals surface area contributed by atoms with Gasteiger partial charge in [0.1, 0.15) is 11.3 Å². The van der Waals surface area contributed by atoms with Crippen molar-refractivity contribution in [2.45, 2.75) is 45.6 Å². The van der Waals surface area contributed by atoms with E-state index in [9.17, 15) is 19.5 Å². The minimum absolute atomic E-state index is 0.0296. The van der Waals surface area contributed by atoms with Gasteiger partial charge in [-0.2, -0.15) is 0 Å². The predicted molar refractivity (Wildman–Crippen MR) is 171 cm³/mol. The molecule has 2 amide bonds. The van der Waals surface area contributed by atoms with Gasteiger partial charge in [-0.25, -0.2) is 9.18 Å². The summed E-state index contributed by atoms with van der Waals surface area (Å²) < 4.78 is 21.6. The van der Waals surface area contributed by atoms with Gasteiger partial charge in [0.15, 0.2) is 16.7 Å². The molecule has 0 spiro atoms. The monoisotopic (exact) mass is 634 g/mol. The molecule has 1 fully saturated rings. The molecule has 44 heavy (non-hydrogen) atoms. The lowest BCUT2D eigenvalue weighted by molar-refractivity contribution is -0.155. The van der Waals surface area contributed by atoms with E-state index in [1.807, 2.05) is 51.1 Å². The van der Waals surface area contributed by atoms with Gasteiger partial charge in [0, 0.05) is 30.6 Å². The van der Waals surface area contributed by atoms with Crippen molar-refractivity contribution < 1.29 is 28.6 Å². The number of thiocarbonyl (C=S) groups is 1. The maximum atomic E-state index is 15.1. The summed E-state index contributed by atoms with van der Waals surface area (Å²) in [7, 11) is 0. The van der Waals surface area contributed by atoms with Crippen molar-refractivity contribution in [1.82, 2.24) is 15.2 Å². The average Bonchev–Trinajstić information content (AvgIpc) is 3.61. The molecule has 4 aromatic rings. The summed E-state index contributed by atoms with van der Waals surface area (Å²) in [5.74, 6) is -2.17. The number of amides is 2. The fourth-order valence-corrected chi connectivity index (χ4v) is 6.79. The van der Waals surface area contributed by atoms with Crippen molar-refractivity contribution in [3.63, 3.8) is 0 Å². The van der Waals surface area contributed by atoms with Gasteiger partial charge in [-0.15, -0.1) is 11.3 Å². The van der Waals surface area contributed by atoms with Gasteiger partial charge < -0.3 is 25.4 Å². The summed E-state index contributed by atoms with van der Waals surface area (Å²) in [4.78, 5) is 44.6. The highest BCUT2D eigenvalue weighted by molar-refractivity contribution is 7.80. The number of likely N-dealkylation sites (tertiary alicyclic amines) is 1. The van der Waals surface area contributed by atoms with Gasteiger partial charge in [-0.05, 0) is 54.2 Å². The second-order valence-electron chi connectivity index (χ2n) is 11.5. The molecule has 9 nitrogen and oxygen atoms in total. The van der Waals surface area contributed by atoms with Crippen LogP contribution in [0, 0.1) is 11.2 Å². The molecule has 2 aromatic carbocycles. The lowest BCUT2D eigenvalue weighted by Gasteiger charge is -2.44. The number of carbonyl (C=O) groups is 3. The van der Waals surface area contributed by atoms with E-state index in [2.05, 4.69) is 15.6 Å². The Hall–Kier alpha value is -4.42. The van der Waals surface area contributed by atoms with Gasteiger partial charge in [-0.1, -0.05) is 51.1 Å². The molecule has 5 rings (SSSR count). The summed E-state index contributed by atoms with van der Waals surface area (Å²) >= 11 is 6.33. The molecule has 3 heterocycles. The number of fused-ring (bicyclic) bond motifs is 1. The second-order valence-corrected chi connectivity index (χ2v) is 13.0. The summed E-state index contributed by atoms with van der Waals surface area (Å²) in [5, 5.41) is 15.6. The molecule has 0 aliphatic carbocycles. The molecule has 1 aliphatic rings. The second kappa shape index (κ2) is 12.3. The van der Waals surface area contributed by atoms with Crippen molar-refractivity contribution in [1.29, 1.82) is 0 Å². The number of carboxylic acids is 1. The zero-order valence-electron chi connectivity index (χ0n) is 24.3. The number of anilines is 1. The third-order valence-corrected chi connectivity index (χ3v) is 9.01. The van der Waals surface area contributed by atoms with Crippen LogP contribution in [-0.2, 0) is 16.0 Å². The number of hydrogen-bond acceptors (Lipinski definition) is 7. The van der Waals surface area contributed by atoms with Gasteiger partial charge in [0.2, 0.25) is 5.91 Å². The highest BCUT2D eigenvalue weighted by Gasteiger charge is 2.57. The molecule has 1 aliphatic heterocycles. The van der Waals surface area contributed by atoms with Crippen molar-refractivity contribution in [2.24, 2.45) is 5.41 Å². The van der Waals surface area contributed by atoms with E-state index < -0.39 is 22.7 Å². The molecular weight excluding hydrogens is 604 g/mol. The minimum atomic E-state index is -1.33. The first-order valence-corrected chi connectivity index (χ1v) is 15.2. The number of carboxylic acid groups (broad SMARTS) is 1. The number of benzene rings is 2. The Balaban J connectivity index is 1.30. The number of aromatic nitrogens is 1. The van der Waals surface area contributed by atoms with Crippen molar-refractivity contribution in [3.05, 3.63) is 83.1 Å². The fraction of sp³-hybridized carbons (Fsp3) is 0.281. The Bertz CT molecular complexity index is 1750. The third-order valence-electron chi connectivity index (χ3n) is 7.68. The van der Waals surface area contributed by atoms with Gasteiger partial charge in [-0.3, -0.25) is 14.6 Å². The Morgan fingerprint density at radius 2 is 1.86 bits per heavy atom. The standard InChI is InChI=1S/C32H31FN4O5S2/c1-31(2,3)32(29(40)41)13-7-15-37(32)28(39)25-18-22-27(44-25)24(12-14-34-22)42-23-11-10-20(17-21(23)33)35-30(43)36-26(38)16-19-8-5-4-6-9-19/h4-6,8-12,14,17-18H,7,13,15-16H2,1-3H3,(H,40,41)(H2,35,36,38,43). The lowest BCUT2D eigenvalue weighted by atomic mass is 9.71. The number of thiophene rings is 1. The first kappa shape index (κ1) is 31.0. The molecular formula is C32H31FN4O5S2. The SMILES string of the molecule is CC(C)(C)C1(C(=O)O)CCCN1C(=O)c1cc2nccc(Oc3ccc(NC(=S)NC(=O)Cc4ccccc4)cc3F)c2s1. The molecule has 0 bridgehead atoms. The van der Waals surface area contributed by atoms with Gasteiger partial charge in [0.05, 0.1) is 21.5 Å². The normalized spacial score (nSPS) is 16.5. The molecule has 0 saturated carbocycles. The van der Waals surface area contributed by atoms with Gasteiger partial charge >= 0.3 is 5.97 Å². The number of carbonyl (C=O) groups excluding carboxylic acids is 2. The van der Waals surface area contributed by atoms with Crippen LogP contribution in [-0.4, -0.2) is 50.0 Å². The Labute approximate surface area is 263 Å². The number of nitrogens with zero attached hydrogens (tertiary/aromatic N) is 2. The van der Waals surface area contributed by atoms with Crippen LogP contribution < -0.4 is 15.4 Å². The number of hydrogen-bond donors (Lipinski definition) is 3. The maximum Gasteiger partial charge on any atom is 0.330 e. The predicted octanol–water partition coefficient (Wildman–Crippen LogP) is 6.39. The summed E-state index contributed by atoms with van der Waals surface area (Å²) in [6.07, 6.45) is 2.59. The molecule has 1 saturated heterocycles. The molecule has 12 heteroatoms. The summed E-state index contributed by atoms with van der Waals surface area (Å²) in [6, 6.07) is 16.6. The average molecular weight is 635 g/mol. The number of pyridine rings is 1. The van der Waals surface area contributed by atoms with Gasteiger partial charge in [0.25, 0.3) is 5.91 Å². The highest BCUT2D eigenvalue weighted by atomic mass is 32.1. The van der Waals surface area contributed by atoms with E-state index in [0.29, 0.717) is 45.9 Å².